The van der Waals surface area contributed by atoms with E-state index in [-0.39, 0.29) is 30.2 Å². The van der Waals surface area contributed by atoms with Crippen molar-refractivity contribution in [1.82, 2.24) is 25.4 Å². The van der Waals surface area contributed by atoms with Gasteiger partial charge in [0.25, 0.3) is 0 Å². The summed E-state index contributed by atoms with van der Waals surface area (Å²) in [6.07, 6.45) is 3.29. The average Bonchev–Trinajstić information content (AvgIpc) is 3.08. The number of amides is 2. The maximum absolute atomic E-state index is 12.1. The molecule has 8 nitrogen and oxygen atoms in total. The van der Waals surface area contributed by atoms with Gasteiger partial charge in [0, 0.05) is 13.1 Å². The van der Waals surface area contributed by atoms with E-state index in [0.29, 0.717) is 13.1 Å². The zero-order valence-corrected chi connectivity index (χ0v) is 13.9. The Kier molecular flexibility index (Phi) is 5.73. The molecule has 1 aliphatic heterocycles. The van der Waals surface area contributed by atoms with E-state index in [1.165, 1.54) is 11.0 Å². The van der Waals surface area contributed by atoms with E-state index in [1.54, 1.807) is 0 Å². The molecule has 1 aliphatic rings. The van der Waals surface area contributed by atoms with Gasteiger partial charge in [-0.3, -0.25) is 14.9 Å². The van der Waals surface area contributed by atoms with E-state index in [2.05, 4.69) is 26.0 Å². The summed E-state index contributed by atoms with van der Waals surface area (Å²) in [5.74, 6) is -0.0807. The van der Waals surface area contributed by atoms with Crippen molar-refractivity contribution in [2.24, 2.45) is 5.92 Å². The van der Waals surface area contributed by atoms with Gasteiger partial charge in [0.05, 0.1) is 5.92 Å². The van der Waals surface area contributed by atoms with Crippen molar-refractivity contribution in [1.29, 1.82) is 0 Å². The first-order valence-corrected chi connectivity index (χ1v) is 8.42. The molecule has 1 fully saturated rings. The molecule has 2 amide bonds. The van der Waals surface area contributed by atoms with Crippen LogP contribution in [-0.2, 0) is 22.7 Å². The second-order valence-corrected chi connectivity index (χ2v) is 6.06. The van der Waals surface area contributed by atoms with Gasteiger partial charge in [0.1, 0.15) is 12.9 Å². The Balaban J connectivity index is 1.46. The van der Waals surface area contributed by atoms with Crippen LogP contribution in [0.4, 0.5) is 5.95 Å². The Bertz CT molecular complexity index is 709. The molecule has 1 atom stereocenters. The van der Waals surface area contributed by atoms with Gasteiger partial charge >= 0.3 is 0 Å². The number of aromatic nitrogens is 3. The van der Waals surface area contributed by atoms with E-state index in [1.807, 2.05) is 30.3 Å². The maximum atomic E-state index is 12.1. The summed E-state index contributed by atoms with van der Waals surface area (Å²) in [5, 5.41) is 12.9. The topological polar surface area (TPSA) is 101 Å². The number of rotatable bonds is 6. The Labute approximate surface area is 146 Å². The Hall–Kier alpha value is -2.74. The van der Waals surface area contributed by atoms with Gasteiger partial charge in [0.15, 0.2) is 0 Å². The van der Waals surface area contributed by atoms with Gasteiger partial charge < -0.3 is 10.6 Å². The van der Waals surface area contributed by atoms with E-state index in [0.717, 1.165) is 24.9 Å². The minimum Gasteiger partial charge on any atom is -0.350 e. The van der Waals surface area contributed by atoms with Gasteiger partial charge in [-0.2, -0.15) is 0 Å². The standard InChI is InChI=1S/C17H22N6O2/c24-15(19-9-13-5-2-1-3-6-13)11-23-12-20-17(22-23)21-16(25)14-7-4-8-18-10-14/h1-3,5-6,12,14,18H,4,7-11H2,(H,19,24)(H,21,22,25). The van der Waals surface area contributed by atoms with Crippen LogP contribution in [0.1, 0.15) is 18.4 Å². The van der Waals surface area contributed by atoms with Crippen LogP contribution in [0.25, 0.3) is 0 Å². The van der Waals surface area contributed by atoms with Crippen LogP contribution in [0.15, 0.2) is 36.7 Å². The van der Waals surface area contributed by atoms with E-state index >= 15 is 0 Å². The summed E-state index contributed by atoms with van der Waals surface area (Å²) in [6.45, 7) is 2.15. The van der Waals surface area contributed by atoms with Gasteiger partial charge in [-0.05, 0) is 24.9 Å². The molecular weight excluding hydrogens is 320 g/mol. The molecule has 1 saturated heterocycles. The molecule has 25 heavy (non-hydrogen) atoms. The van der Waals surface area contributed by atoms with Crippen molar-refractivity contribution in [2.45, 2.75) is 25.9 Å². The Morgan fingerprint density at radius 3 is 2.88 bits per heavy atom. The minimum atomic E-state index is -0.164. The zero-order chi connectivity index (χ0) is 17.5. The first-order chi connectivity index (χ1) is 12.2. The lowest BCUT2D eigenvalue weighted by atomic mass is 9.99. The lowest BCUT2D eigenvalue weighted by Gasteiger charge is -2.20. The number of piperidine rings is 1. The zero-order valence-electron chi connectivity index (χ0n) is 13.9. The number of anilines is 1. The summed E-state index contributed by atoms with van der Waals surface area (Å²) in [6, 6.07) is 9.68. The second kappa shape index (κ2) is 8.39. The van der Waals surface area contributed by atoms with Crippen LogP contribution < -0.4 is 16.0 Å². The van der Waals surface area contributed by atoms with E-state index in [9.17, 15) is 9.59 Å². The molecule has 0 bridgehead atoms. The van der Waals surface area contributed by atoms with Crippen LogP contribution >= 0.6 is 0 Å². The normalized spacial score (nSPS) is 17.0. The van der Waals surface area contributed by atoms with E-state index in [4.69, 9.17) is 0 Å². The summed E-state index contributed by atoms with van der Waals surface area (Å²) in [5.41, 5.74) is 1.03. The molecular formula is C17H22N6O2. The molecule has 1 aromatic heterocycles. The lowest BCUT2D eigenvalue weighted by molar-refractivity contribution is -0.122. The third kappa shape index (κ3) is 5.12. The highest BCUT2D eigenvalue weighted by molar-refractivity contribution is 5.91. The Morgan fingerprint density at radius 1 is 1.28 bits per heavy atom. The van der Waals surface area contributed by atoms with Crippen molar-refractivity contribution in [3.05, 3.63) is 42.2 Å². The highest BCUT2D eigenvalue weighted by Crippen LogP contribution is 2.11. The fraction of sp³-hybridized carbons (Fsp3) is 0.412. The van der Waals surface area contributed by atoms with Crippen molar-refractivity contribution < 1.29 is 9.59 Å². The summed E-state index contributed by atoms with van der Waals surface area (Å²) >= 11 is 0. The first-order valence-electron chi connectivity index (χ1n) is 8.42. The predicted octanol–water partition coefficient (Wildman–Crippen LogP) is 0.533. The molecule has 0 radical (unpaired) electrons. The molecule has 3 N–H and O–H groups in total. The predicted molar refractivity (Wildman–Crippen MR) is 92.5 cm³/mol. The van der Waals surface area contributed by atoms with Gasteiger partial charge in [0.2, 0.25) is 17.8 Å². The van der Waals surface area contributed by atoms with Gasteiger partial charge in [-0.1, -0.05) is 30.3 Å². The molecule has 0 saturated carbocycles. The first kappa shape index (κ1) is 17.1. The van der Waals surface area contributed by atoms with Crippen LogP contribution in [0.2, 0.25) is 0 Å². The molecule has 2 heterocycles. The van der Waals surface area contributed by atoms with Crippen molar-refractivity contribution in [3.8, 4) is 0 Å². The quantitative estimate of drug-likeness (QED) is 0.711. The number of benzene rings is 1. The number of hydrogen-bond donors (Lipinski definition) is 3. The largest absolute Gasteiger partial charge is 0.350 e. The van der Waals surface area contributed by atoms with Crippen molar-refractivity contribution in [3.63, 3.8) is 0 Å². The van der Waals surface area contributed by atoms with Crippen LogP contribution in [0.3, 0.4) is 0 Å². The average molecular weight is 342 g/mol. The summed E-state index contributed by atoms with van der Waals surface area (Å²) in [7, 11) is 0. The third-order valence-electron chi connectivity index (χ3n) is 4.08. The van der Waals surface area contributed by atoms with Crippen molar-refractivity contribution >= 4 is 17.8 Å². The smallest absolute Gasteiger partial charge is 0.248 e. The monoisotopic (exact) mass is 342 g/mol. The highest BCUT2D eigenvalue weighted by Gasteiger charge is 2.21. The van der Waals surface area contributed by atoms with Crippen LogP contribution in [-0.4, -0.2) is 39.7 Å². The highest BCUT2D eigenvalue weighted by atomic mass is 16.2. The van der Waals surface area contributed by atoms with Gasteiger partial charge in [-0.25, -0.2) is 9.67 Å². The summed E-state index contributed by atoms with van der Waals surface area (Å²) < 4.78 is 1.41. The van der Waals surface area contributed by atoms with Crippen molar-refractivity contribution in [2.75, 3.05) is 18.4 Å². The number of carbonyl (C=O) groups excluding carboxylic acids is 2. The van der Waals surface area contributed by atoms with E-state index < -0.39 is 0 Å². The number of carbonyl (C=O) groups is 2. The second-order valence-electron chi connectivity index (χ2n) is 6.06. The minimum absolute atomic E-state index is 0.0562. The molecule has 2 aromatic rings. The van der Waals surface area contributed by atoms with Crippen LogP contribution in [0, 0.1) is 5.92 Å². The fourth-order valence-electron chi connectivity index (χ4n) is 2.72. The summed E-state index contributed by atoms with van der Waals surface area (Å²) in [4.78, 5) is 28.1. The molecule has 0 spiro atoms. The number of nitrogens with one attached hydrogen (secondary N) is 3. The molecule has 1 unspecified atom stereocenters. The third-order valence-corrected chi connectivity index (χ3v) is 4.08. The maximum Gasteiger partial charge on any atom is 0.248 e. The number of nitrogens with zero attached hydrogens (tertiary/aromatic N) is 3. The lowest BCUT2D eigenvalue weighted by Crippen LogP contribution is -2.37. The molecule has 0 aliphatic carbocycles. The molecule has 1 aromatic carbocycles. The molecule has 3 rings (SSSR count). The number of hydrogen-bond acceptors (Lipinski definition) is 5. The van der Waals surface area contributed by atoms with Gasteiger partial charge in [-0.15, -0.1) is 5.10 Å². The SMILES string of the molecule is O=C(Cn1cnc(NC(=O)C2CCCNC2)n1)NCc1ccccc1. The molecule has 8 heteroatoms. The Morgan fingerprint density at radius 2 is 2.12 bits per heavy atom. The fourth-order valence-corrected chi connectivity index (χ4v) is 2.72. The molecule has 132 valence electrons. The van der Waals surface area contributed by atoms with Crippen LogP contribution in [0.5, 0.6) is 0 Å².